The molecule has 1 N–H and O–H groups in total. The average Bonchev–Trinajstić information content (AvgIpc) is 3.24. The minimum Gasteiger partial charge on any atom is -0.496 e. The number of piperidine rings is 2. The fourth-order valence-corrected chi connectivity index (χ4v) is 5.03. The monoisotopic (exact) mass is 435 g/mol. The number of anilines is 2. The van der Waals surface area contributed by atoms with Gasteiger partial charge in [0, 0.05) is 38.3 Å². The summed E-state index contributed by atoms with van der Waals surface area (Å²) in [5.41, 5.74) is 1.95. The van der Waals surface area contributed by atoms with E-state index in [4.69, 9.17) is 14.7 Å². The molecule has 0 aliphatic carbocycles. The number of ether oxygens (including phenoxy) is 1. The molecular weight excluding hydrogens is 402 g/mol. The summed E-state index contributed by atoms with van der Waals surface area (Å²) in [6, 6.07) is 8.76. The molecule has 0 atom stereocenters. The van der Waals surface area contributed by atoms with E-state index in [1.165, 1.54) is 45.2 Å². The Morgan fingerprint density at radius 3 is 2.59 bits per heavy atom. The summed E-state index contributed by atoms with van der Waals surface area (Å²) in [5, 5.41) is 8.88. The Kier molecular flexibility index (Phi) is 6.12. The molecule has 2 aromatic heterocycles. The van der Waals surface area contributed by atoms with Gasteiger partial charge in [-0.2, -0.15) is 15.1 Å². The SMILES string of the molecule is COc1ccccc1CNc1nc(N2CCC(N3CCCCC3)CC2)nc2c1cnn2C. The minimum absolute atomic E-state index is 0.626. The maximum atomic E-state index is 5.50. The highest BCUT2D eigenvalue weighted by atomic mass is 16.5. The zero-order valence-electron chi connectivity index (χ0n) is 19.1. The summed E-state index contributed by atoms with van der Waals surface area (Å²) in [6.45, 7) is 5.15. The van der Waals surface area contributed by atoms with Crippen molar-refractivity contribution < 1.29 is 4.74 Å². The van der Waals surface area contributed by atoms with Gasteiger partial charge in [-0.1, -0.05) is 24.6 Å². The number of para-hydroxylation sites is 1. The number of hydrogen-bond acceptors (Lipinski definition) is 7. The number of hydrogen-bond donors (Lipinski definition) is 1. The van der Waals surface area contributed by atoms with Crippen LogP contribution in [-0.2, 0) is 13.6 Å². The number of nitrogens with zero attached hydrogens (tertiary/aromatic N) is 6. The molecule has 8 heteroatoms. The maximum absolute atomic E-state index is 5.50. The van der Waals surface area contributed by atoms with E-state index in [0.29, 0.717) is 12.6 Å². The molecule has 0 saturated carbocycles. The van der Waals surface area contributed by atoms with Gasteiger partial charge in [0.1, 0.15) is 11.6 Å². The fourth-order valence-electron chi connectivity index (χ4n) is 5.03. The van der Waals surface area contributed by atoms with Crippen LogP contribution in [0.25, 0.3) is 11.0 Å². The van der Waals surface area contributed by atoms with Crippen LogP contribution in [0.2, 0.25) is 0 Å². The molecule has 8 nitrogen and oxygen atoms in total. The van der Waals surface area contributed by atoms with E-state index in [2.05, 4.69) is 26.3 Å². The number of nitrogens with one attached hydrogen (secondary N) is 1. The van der Waals surface area contributed by atoms with E-state index in [9.17, 15) is 0 Å². The number of benzene rings is 1. The molecular formula is C24H33N7O. The first-order valence-corrected chi connectivity index (χ1v) is 11.8. The normalized spacial score (nSPS) is 18.2. The third-order valence-electron chi connectivity index (χ3n) is 6.87. The Balaban J connectivity index is 1.34. The fraction of sp³-hybridized carbons (Fsp3) is 0.542. The first-order valence-electron chi connectivity index (χ1n) is 11.8. The summed E-state index contributed by atoms with van der Waals surface area (Å²) in [4.78, 5) is 14.9. The summed E-state index contributed by atoms with van der Waals surface area (Å²) in [6.07, 6.45) is 8.28. The van der Waals surface area contributed by atoms with Gasteiger partial charge < -0.3 is 19.9 Å². The molecule has 5 rings (SSSR count). The van der Waals surface area contributed by atoms with Crippen LogP contribution < -0.4 is 15.0 Å². The van der Waals surface area contributed by atoms with E-state index in [0.717, 1.165) is 47.2 Å². The Bertz CT molecular complexity index is 1050. The zero-order chi connectivity index (χ0) is 21.9. The lowest BCUT2D eigenvalue weighted by molar-refractivity contribution is 0.141. The second kappa shape index (κ2) is 9.32. The standard InChI is InChI=1S/C24H33N7O/c1-29-23-20(17-26-29)22(25-16-18-8-4-5-9-21(18)32-2)27-24(28-23)31-14-10-19(11-15-31)30-12-6-3-7-13-30/h4-5,8-9,17,19H,3,6-7,10-16H2,1-2H3,(H,25,27,28). The van der Waals surface area contributed by atoms with E-state index in [-0.39, 0.29) is 0 Å². The third-order valence-corrected chi connectivity index (χ3v) is 6.87. The molecule has 0 spiro atoms. The van der Waals surface area contributed by atoms with E-state index >= 15 is 0 Å². The predicted octanol–water partition coefficient (Wildman–Crippen LogP) is 3.44. The van der Waals surface area contributed by atoms with Crippen molar-refractivity contribution in [1.82, 2.24) is 24.6 Å². The lowest BCUT2D eigenvalue weighted by Crippen LogP contribution is -2.47. The van der Waals surface area contributed by atoms with Gasteiger partial charge in [-0.05, 0) is 44.8 Å². The lowest BCUT2D eigenvalue weighted by atomic mass is 10.0. The minimum atomic E-state index is 0.626. The summed E-state index contributed by atoms with van der Waals surface area (Å²) in [7, 11) is 3.64. The van der Waals surface area contributed by atoms with Crippen molar-refractivity contribution in [2.45, 2.75) is 44.7 Å². The van der Waals surface area contributed by atoms with Gasteiger partial charge in [0.05, 0.1) is 18.7 Å². The largest absolute Gasteiger partial charge is 0.496 e. The Morgan fingerprint density at radius 1 is 1.03 bits per heavy atom. The van der Waals surface area contributed by atoms with Crippen LogP contribution in [-0.4, -0.2) is 64.0 Å². The highest BCUT2D eigenvalue weighted by Crippen LogP contribution is 2.28. The lowest BCUT2D eigenvalue weighted by Gasteiger charge is -2.40. The Hall–Kier alpha value is -2.87. The molecule has 3 aromatic rings. The number of fused-ring (bicyclic) bond motifs is 1. The number of likely N-dealkylation sites (tertiary alicyclic amines) is 1. The van der Waals surface area contributed by atoms with Gasteiger partial charge in [-0.3, -0.25) is 4.68 Å². The van der Waals surface area contributed by atoms with Gasteiger partial charge >= 0.3 is 0 Å². The predicted molar refractivity (Wildman–Crippen MR) is 127 cm³/mol. The number of aromatic nitrogens is 4. The summed E-state index contributed by atoms with van der Waals surface area (Å²) >= 11 is 0. The molecule has 2 aliphatic heterocycles. The Morgan fingerprint density at radius 2 is 1.81 bits per heavy atom. The second-order valence-electron chi connectivity index (χ2n) is 8.86. The molecule has 32 heavy (non-hydrogen) atoms. The molecule has 2 saturated heterocycles. The van der Waals surface area contributed by atoms with Gasteiger partial charge in [0.25, 0.3) is 0 Å². The number of methoxy groups -OCH3 is 1. The van der Waals surface area contributed by atoms with Crippen molar-refractivity contribution in [3.63, 3.8) is 0 Å². The molecule has 0 unspecified atom stereocenters. The molecule has 0 amide bonds. The van der Waals surface area contributed by atoms with Gasteiger partial charge in [0.15, 0.2) is 5.65 Å². The van der Waals surface area contributed by atoms with E-state index in [1.807, 2.05) is 36.1 Å². The third kappa shape index (κ3) is 4.24. The van der Waals surface area contributed by atoms with Gasteiger partial charge in [0.2, 0.25) is 5.95 Å². The van der Waals surface area contributed by atoms with Crippen molar-refractivity contribution in [1.29, 1.82) is 0 Å². The van der Waals surface area contributed by atoms with Crippen LogP contribution in [0.3, 0.4) is 0 Å². The van der Waals surface area contributed by atoms with Gasteiger partial charge in [-0.25, -0.2) is 0 Å². The Labute approximate surface area is 189 Å². The van der Waals surface area contributed by atoms with Crippen LogP contribution in [0.1, 0.15) is 37.7 Å². The average molecular weight is 436 g/mol. The molecule has 2 fully saturated rings. The maximum Gasteiger partial charge on any atom is 0.229 e. The quantitative estimate of drug-likeness (QED) is 0.636. The molecule has 170 valence electrons. The summed E-state index contributed by atoms with van der Waals surface area (Å²) < 4.78 is 7.33. The van der Waals surface area contributed by atoms with Crippen molar-refractivity contribution in [2.24, 2.45) is 7.05 Å². The molecule has 0 radical (unpaired) electrons. The van der Waals surface area contributed by atoms with E-state index < -0.39 is 0 Å². The van der Waals surface area contributed by atoms with Gasteiger partial charge in [-0.15, -0.1) is 0 Å². The van der Waals surface area contributed by atoms with Crippen LogP contribution in [0, 0.1) is 0 Å². The van der Waals surface area contributed by atoms with Crippen molar-refractivity contribution in [3.05, 3.63) is 36.0 Å². The zero-order valence-corrected chi connectivity index (χ0v) is 19.1. The van der Waals surface area contributed by atoms with Crippen molar-refractivity contribution >= 4 is 22.8 Å². The molecule has 4 heterocycles. The van der Waals surface area contributed by atoms with Crippen LogP contribution >= 0.6 is 0 Å². The van der Waals surface area contributed by atoms with Crippen LogP contribution in [0.4, 0.5) is 11.8 Å². The highest BCUT2D eigenvalue weighted by molar-refractivity contribution is 5.87. The van der Waals surface area contributed by atoms with Crippen molar-refractivity contribution in [2.75, 3.05) is 43.5 Å². The van der Waals surface area contributed by atoms with Crippen molar-refractivity contribution in [3.8, 4) is 5.75 Å². The highest BCUT2D eigenvalue weighted by Gasteiger charge is 2.27. The molecule has 2 aliphatic rings. The first kappa shape index (κ1) is 21.0. The van der Waals surface area contributed by atoms with E-state index in [1.54, 1.807) is 7.11 Å². The second-order valence-corrected chi connectivity index (χ2v) is 8.86. The number of aryl methyl sites for hydroxylation is 1. The van der Waals surface area contributed by atoms with Crippen LogP contribution in [0.15, 0.2) is 30.5 Å². The smallest absolute Gasteiger partial charge is 0.229 e. The first-order chi connectivity index (χ1) is 15.7. The topological polar surface area (TPSA) is 71.3 Å². The number of rotatable bonds is 6. The summed E-state index contributed by atoms with van der Waals surface area (Å²) in [5.74, 6) is 2.49. The van der Waals surface area contributed by atoms with Crippen LogP contribution in [0.5, 0.6) is 5.75 Å². The molecule has 0 bridgehead atoms. The molecule has 1 aromatic carbocycles.